The van der Waals surface area contributed by atoms with Gasteiger partial charge in [-0.15, -0.1) is 10.2 Å². The number of benzene rings is 3. The summed E-state index contributed by atoms with van der Waals surface area (Å²) in [6.07, 6.45) is -4.68. The fraction of sp³-hybridized carbons (Fsp3) is 0.130. The Balaban J connectivity index is 1.67. The van der Waals surface area contributed by atoms with Crippen molar-refractivity contribution in [2.75, 3.05) is 0 Å². The number of nitrogens with zero attached hydrogens (tertiary/aromatic N) is 4. The minimum atomic E-state index is -4.68. The Hall–Kier alpha value is -3.66. The van der Waals surface area contributed by atoms with Crippen molar-refractivity contribution in [3.05, 3.63) is 106 Å². The number of nitro benzene ring substituents is 1. The Morgan fingerprint density at radius 1 is 0.909 bits per heavy atom. The smallest absolute Gasteiger partial charge is 0.298 e. The van der Waals surface area contributed by atoms with Crippen molar-refractivity contribution in [1.29, 1.82) is 0 Å². The Bertz CT molecular complexity index is 1260. The van der Waals surface area contributed by atoms with Gasteiger partial charge in [-0.2, -0.15) is 13.2 Å². The highest BCUT2D eigenvalue weighted by Crippen LogP contribution is 2.34. The van der Waals surface area contributed by atoms with Gasteiger partial charge in [-0.05, 0) is 17.2 Å². The summed E-state index contributed by atoms with van der Waals surface area (Å²) in [7, 11) is 0. The molecule has 4 rings (SSSR count). The predicted molar refractivity (Wildman–Crippen MR) is 119 cm³/mol. The van der Waals surface area contributed by atoms with Crippen LogP contribution in [0.2, 0.25) is 0 Å². The zero-order valence-electron chi connectivity index (χ0n) is 17.1. The molecular formula is C23H17F3N4O2S. The highest BCUT2D eigenvalue weighted by atomic mass is 32.2. The molecule has 0 saturated carbocycles. The molecule has 0 bridgehead atoms. The van der Waals surface area contributed by atoms with E-state index in [1.165, 1.54) is 11.8 Å². The van der Waals surface area contributed by atoms with E-state index >= 15 is 0 Å². The fourth-order valence-electron chi connectivity index (χ4n) is 3.28. The molecule has 4 aromatic rings. The summed E-state index contributed by atoms with van der Waals surface area (Å²) < 4.78 is 41.5. The quantitative estimate of drug-likeness (QED) is 0.182. The van der Waals surface area contributed by atoms with Crippen LogP contribution in [0.25, 0.3) is 11.4 Å². The Labute approximate surface area is 191 Å². The maximum absolute atomic E-state index is 13.2. The van der Waals surface area contributed by atoms with Crippen LogP contribution in [0.3, 0.4) is 0 Å². The molecule has 0 unspecified atom stereocenters. The number of nitro groups is 1. The highest BCUT2D eigenvalue weighted by Gasteiger charge is 2.32. The monoisotopic (exact) mass is 470 g/mol. The summed E-state index contributed by atoms with van der Waals surface area (Å²) in [6.45, 7) is 0.461. The molecule has 0 fully saturated rings. The lowest BCUT2D eigenvalue weighted by atomic mass is 10.1. The number of thioether (sulfide) groups is 1. The lowest BCUT2D eigenvalue weighted by Gasteiger charge is -2.11. The van der Waals surface area contributed by atoms with E-state index in [-0.39, 0.29) is 11.3 Å². The van der Waals surface area contributed by atoms with Gasteiger partial charge < -0.3 is 0 Å². The molecule has 6 nitrogen and oxygen atoms in total. The first-order valence-electron chi connectivity index (χ1n) is 9.82. The van der Waals surface area contributed by atoms with Gasteiger partial charge in [0.25, 0.3) is 5.69 Å². The SMILES string of the molecule is O=[N+]([O-])c1cc(CSc2nnc(-c3ccccc3)n2Cc2ccccc2)cc(C(F)(F)F)c1. The van der Waals surface area contributed by atoms with E-state index in [0.717, 1.165) is 23.3 Å². The van der Waals surface area contributed by atoms with E-state index in [9.17, 15) is 23.3 Å². The van der Waals surface area contributed by atoms with E-state index in [2.05, 4.69) is 10.2 Å². The van der Waals surface area contributed by atoms with Crippen molar-refractivity contribution in [3.63, 3.8) is 0 Å². The van der Waals surface area contributed by atoms with Crippen molar-refractivity contribution in [3.8, 4) is 11.4 Å². The van der Waals surface area contributed by atoms with Crippen molar-refractivity contribution < 1.29 is 18.1 Å². The number of hydrogen-bond acceptors (Lipinski definition) is 5. The molecule has 0 aliphatic rings. The molecule has 0 spiro atoms. The van der Waals surface area contributed by atoms with Crippen molar-refractivity contribution in [2.45, 2.75) is 23.6 Å². The van der Waals surface area contributed by atoms with Crippen LogP contribution < -0.4 is 0 Å². The zero-order chi connectivity index (χ0) is 23.4. The molecule has 0 radical (unpaired) electrons. The van der Waals surface area contributed by atoms with Gasteiger partial charge >= 0.3 is 6.18 Å². The van der Waals surface area contributed by atoms with E-state index in [1.54, 1.807) is 0 Å². The molecule has 10 heteroatoms. The van der Waals surface area contributed by atoms with Crippen LogP contribution in [0.5, 0.6) is 0 Å². The minimum Gasteiger partial charge on any atom is -0.298 e. The van der Waals surface area contributed by atoms with Gasteiger partial charge in [0.15, 0.2) is 11.0 Å². The number of non-ortho nitro benzene ring substituents is 1. The molecule has 0 amide bonds. The van der Waals surface area contributed by atoms with E-state index in [1.807, 2.05) is 65.2 Å². The van der Waals surface area contributed by atoms with E-state index in [4.69, 9.17) is 0 Å². The molecule has 0 atom stereocenters. The maximum Gasteiger partial charge on any atom is 0.416 e. The Morgan fingerprint density at radius 2 is 1.58 bits per heavy atom. The van der Waals surface area contributed by atoms with Crippen LogP contribution in [0.1, 0.15) is 16.7 Å². The van der Waals surface area contributed by atoms with E-state index in [0.29, 0.717) is 23.6 Å². The van der Waals surface area contributed by atoms with E-state index < -0.39 is 22.4 Å². The third-order valence-corrected chi connectivity index (χ3v) is 5.85. The average molecular weight is 470 g/mol. The summed E-state index contributed by atoms with van der Waals surface area (Å²) >= 11 is 1.17. The topological polar surface area (TPSA) is 73.8 Å². The van der Waals surface area contributed by atoms with Crippen LogP contribution in [0.4, 0.5) is 18.9 Å². The molecule has 1 heterocycles. The first-order chi connectivity index (χ1) is 15.8. The Kier molecular flexibility index (Phi) is 6.45. The van der Waals surface area contributed by atoms with Gasteiger partial charge in [0.05, 0.1) is 17.0 Å². The van der Waals surface area contributed by atoms with Crippen LogP contribution in [-0.2, 0) is 18.5 Å². The molecule has 0 aliphatic carbocycles. The van der Waals surface area contributed by atoms with Crippen LogP contribution in [0.15, 0.2) is 84.0 Å². The number of rotatable bonds is 7. The van der Waals surface area contributed by atoms with Crippen molar-refractivity contribution in [1.82, 2.24) is 14.8 Å². The summed E-state index contributed by atoms with van der Waals surface area (Å²) in [4.78, 5) is 10.3. The lowest BCUT2D eigenvalue weighted by molar-refractivity contribution is -0.385. The first-order valence-corrected chi connectivity index (χ1v) is 10.8. The zero-order valence-corrected chi connectivity index (χ0v) is 17.9. The van der Waals surface area contributed by atoms with Gasteiger partial charge in [-0.1, -0.05) is 72.4 Å². The van der Waals surface area contributed by atoms with Gasteiger partial charge in [0.2, 0.25) is 0 Å². The molecule has 168 valence electrons. The number of halogens is 3. The molecular weight excluding hydrogens is 453 g/mol. The summed E-state index contributed by atoms with van der Waals surface area (Å²) in [5, 5.41) is 20.2. The second kappa shape index (κ2) is 9.45. The normalized spacial score (nSPS) is 11.5. The third kappa shape index (κ3) is 5.40. The molecule has 0 N–H and O–H groups in total. The van der Waals surface area contributed by atoms with Crippen molar-refractivity contribution >= 4 is 17.4 Å². The summed E-state index contributed by atoms with van der Waals surface area (Å²) in [5.74, 6) is 0.684. The highest BCUT2D eigenvalue weighted by molar-refractivity contribution is 7.98. The molecule has 0 saturated heterocycles. The number of aromatic nitrogens is 3. The lowest BCUT2D eigenvalue weighted by Crippen LogP contribution is -2.07. The van der Waals surface area contributed by atoms with Crippen LogP contribution in [-0.4, -0.2) is 19.7 Å². The van der Waals surface area contributed by atoms with Gasteiger partial charge in [0, 0.05) is 23.4 Å². The molecule has 1 aromatic heterocycles. The predicted octanol–water partition coefficient (Wildman–Crippen LogP) is 6.21. The molecule has 3 aromatic carbocycles. The first kappa shape index (κ1) is 22.5. The second-order valence-corrected chi connectivity index (χ2v) is 8.12. The third-order valence-electron chi connectivity index (χ3n) is 4.82. The number of hydrogen-bond donors (Lipinski definition) is 0. The fourth-order valence-corrected chi connectivity index (χ4v) is 4.15. The average Bonchev–Trinajstić information content (AvgIpc) is 3.20. The standard InChI is InChI=1S/C23H17F3N4O2S/c24-23(25,26)19-11-17(12-20(13-19)30(31)32)15-33-22-28-27-21(18-9-5-2-6-10-18)29(22)14-16-7-3-1-4-8-16/h1-13H,14-15H2. The summed E-state index contributed by atoms with van der Waals surface area (Å²) in [5.41, 5.74) is 0.379. The Morgan fingerprint density at radius 3 is 2.21 bits per heavy atom. The van der Waals surface area contributed by atoms with Gasteiger partial charge in [-0.3, -0.25) is 14.7 Å². The van der Waals surface area contributed by atoms with Crippen LogP contribution >= 0.6 is 11.8 Å². The van der Waals surface area contributed by atoms with Crippen molar-refractivity contribution in [2.24, 2.45) is 0 Å². The molecule has 33 heavy (non-hydrogen) atoms. The molecule has 0 aliphatic heterocycles. The van der Waals surface area contributed by atoms with Gasteiger partial charge in [-0.25, -0.2) is 0 Å². The maximum atomic E-state index is 13.2. The second-order valence-electron chi connectivity index (χ2n) is 7.18. The largest absolute Gasteiger partial charge is 0.416 e. The van der Waals surface area contributed by atoms with Crippen LogP contribution in [0, 0.1) is 10.1 Å². The minimum absolute atomic E-state index is 0.0620. The van der Waals surface area contributed by atoms with Gasteiger partial charge in [0.1, 0.15) is 0 Å². The summed E-state index contributed by atoms with van der Waals surface area (Å²) in [6, 6.07) is 21.7. The number of alkyl halides is 3.